The maximum atomic E-state index is 13.7. The number of phenolic OH excluding ortho intramolecular Hbond substituents is 1. The third kappa shape index (κ3) is 6.40. The summed E-state index contributed by atoms with van der Waals surface area (Å²) < 4.78 is 19.1. The lowest BCUT2D eigenvalue weighted by Crippen LogP contribution is -2.55. The van der Waals surface area contributed by atoms with Crippen LogP contribution >= 0.6 is 0 Å². The zero-order chi connectivity index (χ0) is 34.1. The maximum absolute atomic E-state index is 13.7. The number of nitrogens with zero attached hydrogens (tertiary/aromatic N) is 2. The zero-order valence-corrected chi connectivity index (χ0v) is 26.2. The quantitative estimate of drug-likeness (QED) is 0.156. The third-order valence-corrected chi connectivity index (χ3v) is 9.49. The highest BCUT2D eigenvalue weighted by Gasteiger charge is 2.47. The molecule has 8 atom stereocenters. The van der Waals surface area contributed by atoms with E-state index in [1.807, 2.05) is 36.4 Å². The molecule has 0 saturated carbocycles. The number of hydrogen-bond acceptors (Lipinski definition) is 8. The van der Waals surface area contributed by atoms with Gasteiger partial charge in [0.1, 0.15) is 42.1 Å². The van der Waals surface area contributed by atoms with Crippen molar-refractivity contribution in [3.63, 3.8) is 0 Å². The van der Waals surface area contributed by atoms with Crippen LogP contribution in [0.2, 0.25) is 0 Å². The Labute approximate surface area is 277 Å². The van der Waals surface area contributed by atoms with Crippen LogP contribution in [0.15, 0.2) is 97.1 Å². The van der Waals surface area contributed by atoms with Gasteiger partial charge in [-0.2, -0.15) is 0 Å². The summed E-state index contributed by atoms with van der Waals surface area (Å²) in [5.41, 5.74) is 3.72. The van der Waals surface area contributed by atoms with Crippen molar-refractivity contribution in [1.82, 2.24) is 4.90 Å². The highest BCUT2D eigenvalue weighted by atomic mass is 19.1. The number of aliphatic hydroxyl groups excluding tert-OH is 5. The van der Waals surface area contributed by atoms with Crippen LogP contribution in [0.3, 0.4) is 0 Å². The predicted octanol–water partition coefficient (Wildman–Crippen LogP) is 4.21. The average molecular weight is 659 g/mol. The van der Waals surface area contributed by atoms with Gasteiger partial charge >= 0.3 is 6.03 Å². The van der Waals surface area contributed by atoms with E-state index in [1.54, 1.807) is 53.2 Å². The van der Waals surface area contributed by atoms with Crippen LogP contribution in [-0.2, 0) is 4.74 Å². The number of hydrogen-bond donors (Lipinski definition) is 6. The first kappa shape index (κ1) is 33.5. The van der Waals surface area contributed by atoms with E-state index in [1.165, 1.54) is 24.3 Å². The molecule has 2 aliphatic rings. The summed E-state index contributed by atoms with van der Waals surface area (Å²) in [6, 6.07) is 25.8. The van der Waals surface area contributed by atoms with E-state index >= 15 is 0 Å². The van der Waals surface area contributed by atoms with Crippen molar-refractivity contribution in [3.8, 4) is 16.9 Å². The molecule has 2 saturated heterocycles. The van der Waals surface area contributed by atoms with Crippen LogP contribution in [0.1, 0.15) is 47.8 Å². The van der Waals surface area contributed by atoms with Crippen molar-refractivity contribution in [2.45, 2.75) is 61.5 Å². The summed E-state index contributed by atoms with van der Waals surface area (Å²) in [5, 5.41) is 62.8. The Morgan fingerprint density at radius 2 is 1.52 bits per heavy atom. The molecule has 6 rings (SSSR count). The number of carbonyl (C=O) groups excluding carboxylic acids is 1. The third-order valence-electron chi connectivity index (χ3n) is 9.49. The zero-order valence-electron chi connectivity index (χ0n) is 26.2. The van der Waals surface area contributed by atoms with Crippen LogP contribution < -0.4 is 4.90 Å². The topological polar surface area (TPSA) is 154 Å². The number of carbonyl (C=O) groups is 1. The summed E-state index contributed by atoms with van der Waals surface area (Å²) in [4.78, 5) is 17.0. The van der Waals surface area contributed by atoms with E-state index < -0.39 is 61.1 Å². The molecule has 0 bridgehead atoms. The summed E-state index contributed by atoms with van der Waals surface area (Å²) in [6.45, 7) is -0.523. The number of aliphatic hydroxyl groups is 5. The van der Waals surface area contributed by atoms with E-state index in [9.17, 15) is 39.8 Å². The minimum Gasteiger partial charge on any atom is -0.508 e. The average Bonchev–Trinajstić information content (AvgIpc) is 3.35. The van der Waals surface area contributed by atoms with Crippen molar-refractivity contribution in [2.24, 2.45) is 0 Å². The van der Waals surface area contributed by atoms with Crippen molar-refractivity contribution in [2.75, 3.05) is 18.6 Å². The molecule has 2 unspecified atom stereocenters. The molecule has 2 heterocycles. The Bertz CT molecular complexity index is 1710. The van der Waals surface area contributed by atoms with Crippen LogP contribution in [0.5, 0.6) is 5.75 Å². The number of anilines is 1. The Kier molecular flexibility index (Phi) is 9.79. The van der Waals surface area contributed by atoms with E-state index in [0.717, 1.165) is 5.56 Å². The van der Waals surface area contributed by atoms with Gasteiger partial charge in [0.15, 0.2) is 0 Å². The summed E-state index contributed by atoms with van der Waals surface area (Å²) in [5.74, 6) is -0.419. The van der Waals surface area contributed by atoms with Gasteiger partial charge in [0, 0.05) is 18.3 Å². The van der Waals surface area contributed by atoms with Gasteiger partial charge in [-0.25, -0.2) is 9.18 Å². The monoisotopic (exact) mass is 658 g/mol. The van der Waals surface area contributed by atoms with Gasteiger partial charge in [-0.05, 0) is 65.4 Å². The summed E-state index contributed by atoms with van der Waals surface area (Å²) in [7, 11) is 1.70. The van der Waals surface area contributed by atoms with E-state index in [0.29, 0.717) is 40.8 Å². The number of rotatable bonds is 9. The van der Waals surface area contributed by atoms with Gasteiger partial charge in [0.05, 0.1) is 24.8 Å². The summed E-state index contributed by atoms with van der Waals surface area (Å²) >= 11 is 0. The molecule has 6 N–H and O–H groups in total. The van der Waals surface area contributed by atoms with Gasteiger partial charge in [-0.1, -0.05) is 66.7 Å². The molecule has 4 aromatic rings. The second-order valence-electron chi connectivity index (χ2n) is 12.4. The van der Waals surface area contributed by atoms with Gasteiger partial charge in [0.25, 0.3) is 0 Å². The van der Waals surface area contributed by atoms with Gasteiger partial charge in [-0.15, -0.1) is 0 Å². The van der Waals surface area contributed by atoms with Crippen molar-refractivity contribution >= 4 is 11.7 Å². The SMILES string of the molecule is CN1C(=O)N(c2ccccc2)[C@H](c2ccc(-c3ccc(C4O[C@H](CO)[C@@H](O)[C@H](O)[C@H]4O)cc3)cc2O)[C@@H]1CCC(O)c1ccc(F)cc1. The first-order valence-electron chi connectivity index (χ1n) is 15.9. The lowest BCUT2D eigenvalue weighted by molar-refractivity contribution is -0.231. The molecule has 0 aromatic heterocycles. The molecule has 4 aromatic carbocycles. The Morgan fingerprint density at radius 1 is 0.854 bits per heavy atom. The Hall–Kier alpha value is -4.36. The fraction of sp³-hybridized carbons (Fsp3) is 0.324. The minimum atomic E-state index is -1.49. The van der Waals surface area contributed by atoms with E-state index in [4.69, 9.17) is 4.74 Å². The fourth-order valence-corrected chi connectivity index (χ4v) is 6.77. The van der Waals surface area contributed by atoms with Crippen LogP contribution in [0.25, 0.3) is 11.1 Å². The minimum absolute atomic E-state index is 0.0244. The molecule has 2 amide bonds. The largest absolute Gasteiger partial charge is 0.508 e. The number of ether oxygens (including phenoxy) is 1. The van der Waals surface area contributed by atoms with Gasteiger partial charge in [0.2, 0.25) is 0 Å². The Morgan fingerprint density at radius 3 is 2.17 bits per heavy atom. The number of urea groups is 1. The molecule has 252 valence electrons. The number of benzene rings is 4. The molecule has 11 heteroatoms. The standard InChI is InChI=1S/C37H39FN2O8/c1-39-28(17-18-29(42)22-11-14-25(38)15-12-22)32(40(37(39)47)26-5-3-2-4-6-26)27-16-13-24(19-30(27)43)21-7-9-23(10-8-21)36-35(46)34(45)33(44)31(20-41)48-36/h2-16,19,28-29,31-36,41-46H,17-18,20H2,1H3/t28-,29?,31+,32+,33+,34-,35+,36?/m0/s1. The molecule has 2 aliphatic heterocycles. The molecular weight excluding hydrogens is 619 g/mol. The number of aromatic hydroxyl groups is 1. The number of halogens is 1. The van der Waals surface area contributed by atoms with Gasteiger partial charge < -0.3 is 40.3 Å². The molecule has 0 aliphatic carbocycles. The van der Waals surface area contributed by atoms with Crippen LogP contribution in [0, 0.1) is 5.82 Å². The van der Waals surface area contributed by atoms with Crippen molar-refractivity contribution in [3.05, 3.63) is 120 Å². The highest BCUT2D eigenvalue weighted by Crippen LogP contribution is 2.44. The number of likely N-dealkylation sites (N-methyl/N-ethyl adjacent to an activating group) is 1. The molecule has 2 fully saturated rings. The van der Waals surface area contributed by atoms with Crippen LogP contribution in [0.4, 0.5) is 14.9 Å². The molecule has 10 nitrogen and oxygen atoms in total. The first-order chi connectivity index (χ1) is 23.1. The smallest absolute Gasteiger partial charge is 0.325 e. The lowest BCUT2D eigenvalue weighted by Gasteiger charge is -2.40. The number of phenols is 1. The molecule has 0 spiro atoms. The predicted molar refractivity (Wildman–Crippen MR) is 175 cm³/mol. The van der Waals surface area contributed by atoms with Gasteiger partial charge in [-0.3, -0.25) is 4.90 Å². The second kappa shape index (κ2) is 14.0. The van der Waals surface area contributed by atoms with E-state index in [-0.39, 0.29) is 11.8 Å². The van der Waals surface area contributed by atoms with Crippen LogP contribution in [-0.4, -0.2) is 85.7 Å². The number of para-hydroxylation sites is 1. The first-order valence-corrected chi connectivity index (χ1v) is 15.9. The van der Waals surface area contributed by atoms with E-state index in [2.05, 4.69) is 0 Å². The normalized spacial score (nSPS) is 26.6. The second-order valence-corrected chi connectivity index (χ2v) is 12.4. The van der Waals surface area contributed by atoms with Crippen molar-refractivity contribution in [1.29, 1.82) is 0 Å². The lowest BCUT2D eigenvalue weighted by atomic mass is 9.89. The molecule has 0 radical (unpaired) electrons. The van der Waals surface area contributed by atoms with Crippen molar-refractivity contribution < 1.29 is 44.6 Å². The summed E-state index contributed by atoms with van der Waals surface area (Å²) in [6.07, 6.45) is -6.51. The fourth-order valence-electron chi connectivity index (χ4n) is 6.77. The molecular formula is C37H39FN2O8. The molecule has 48 heavy (non-hydrogen) atoms. The highest BCUT2D eigenvalue weighted by molar-refractivity contribution is 5.96. The maximum Gasteiger partial charge on any atom is 0.325 e. The number of amides is 2. The Balaban J connectivity index is 1.27.